The Morgan fingerprint density at radius 1 is 0.923 bits per heavy atom. The molecule has 7 rings (SSSR count). The molecule has 5 aliphatic rings. The van der Waals surface area contributed by atoms with Gasteiger partial charge in [-0.1, -0.05) is 24.3 Å². The van der Waals surface area contributed by atoms with Crippen LogP contribution in [0.5, 0.6) is 0 Å². The number of pyridine rings is 1. The number of rotatable bonds is 1. The standard InChI is InChI=1S/C24H28N2/c1-15-6-3-4-8-22(15)26-16(2)23-21(7-5-9-25-23)24(26)19-11-17-10-18(13-19)14-20(24)12-17/h3-9,16-20H,10-14H2,1-2H3/t16-,17?,18?,19?,20?,24?/m0/s1. The van der Waals surface area contributed by atoms with Gasteiger partial charge in [0.25, 0.3) is 0 Å². The second kappa shape index (κ2) is 5.12. The van der Waals surface area contributed by atoms with Crippen LogP contribution in [-0.2, 0) is 5.54 Å². The lowest BCUT2D eigenvalue weighted by atomic mass is 9.47. The predicted molar refractivity (Wildman–Crippen MR) is 105 cm³/mol. The van der Waals surface area contributed by atoms with Gasteiger partial charge in [-0.15, -0.1) is 0 Å². The second-order valence-corrected chi connectivity index (χ2v) is 9.40. The largest absolute Gasteiger partial charge is 0.353 e. The highest BCUT2D eigenvalue weighted by atomic mass is 15.3. The van der Waals surface area contributed by atoms with E-state index in [4.69, 9.17) is 4.98 Å². The molecule has 0 N–H and O–H groups in total. The molecular formula is C24H28N2. The third-order valence-electron chi connectivity index (χ3n) is 8.21. The summed E-state index contributed by atoms with van der Waals surface area (Å²) in [6.45, 7) is 4.67. The summed E-state index contributed by atoms with van der Waals surface area (Å²) in [4.78, 5) is 7.74. The Kier molecular flexibility index (Phi) is 3.00. The molecule has 0 unspecified atom stereocenters. The van der Waals surface area contributed by atoms with Gasteiger partial charge in [0.05, 0.1) is 17.3 Å². The molecule has 0 amide bonds. The van der Waals surface area contributed by atoms with Crippen LogP contribution in [0.1, 0.15) is 61.9 Å². The van der Waals surface area contributed by atoms with E-state index in [2.05, 4.69) is 55.1 Å². The van der Waals surface area contributed by atoms with Crippen molar-refractivity contribution in [3.8, 4) is 0 Å². The van der Waals surface area contributed by atoms with E-state index in [-0.39, 0.29) is 5.54 Å². The number of hydrogen-bond donors (Lipinski definition) is 0. The molecule has 4 bridgehead atoms. The van der Waals surface area contributed by atoms with Crippen molar-refractivity contribution >= 4 is 5.69 Å². The SMILES string of the molecule is Cc1ccccc1N1[C@@H](C)c2ncccc2C12C1CC3CC(C1)CC2C3. The molecule has 2 nitrogen and oxygen atoms in total. The van der Waals surface area contributed by atoms with Crippen LogP contribution in [0.2, 0.25) is 0 Å². The fourth-order valence-electron chi connectivity index (χ4n) is 7.64. The van der Waals surface area contributed by atoms with Crippen molar-refractivity contribution in [3.05, 3.63) is 59.4 Å². The highest BCUT2D eigenvalue weighted by Gasteiger charge is 2.64. The number of nitrogens with zero attached hydrogens (tertiary/aromatic N) is 2. The molecule has 2 heteroatoms. The van der Waals surface area contributed by atoms with Crippen molar-refractivity contribution in [2.75, 3.05) is 4.90 Å². The number of para-hydroxylation sites is 1. The van der Waals surface area contributed by atoms with Crippen molar-refractivity contribution in [1.29, 1.82) is 0 Å². The number of aryl methyl sites for hydroxylation is 1. The number of aromatic nitrogens is 1. The predicted octanol–water partition coefficient (Wildman–Crippen LogP) is 5.62. The molecule has 4 aliphatic carbocycles. The smallest absolute Gasteiger partial charge is 0.0735 e. The minimum atomic E-state index is 0.183. The summed E-state index contributed by atoms with van der Waals surface area (Å²) in [5.41, 5.74) is 5.92. The van der Waals surface area contributed by atoms with Crippen LogP contribution in [0.3, 0.4) is 0 Å². The van der Waals surface area contributed by atoms with Crippen LogP contribution in [0.25, 0.3) is 0 Å². The Balaban J connectivity index is 1.62. The highest BCUT2D eigenvalue weighted by Crippen LogP contribution is 2.68. The van der Waals surface area contributed by atoms with E-state index in [0.29, 0.717) is 6.04 Å². The summed E-state index contributed by atoms with van der Waals surface area (Å²) in [5.74, 6) is 3.56. The Labute approximate surface area is 156 Å². The van der Waals surface area contributed by atoms with E-state index >= 15 is 0 Å². The van der Waals surface area contributed by atoms with Crippen molar-refractivity contribution in [1.82, 2.24) is 4.98 Å². The van der Waals surface area contributed by atoms with Gasteiger partial charge < -0.3 is 4.90 Å². The lowest BCUT2D eigenvalue weighted by Gasteiger charge is -2.64. The van der Waals surface area contributed by atoms with Crippen LogP contribution in [0, 0.1) is 30.6 Å². The maximum absolute atomic E-state index is 4.91. The Morgan fingerprint density at radius 2 is 1.62 bits per heavy atom. The summed E-state index contributed by atoms with van der Waals surface area (Å²) in [6, 6.07) is 14.0. The molecule has 2 heterocycles. The van der Waals surface area contributed by atoms with Crippen LogP contribution in [0.15, 0.2) is 42.6 Å². The van der Waals surface area contributed by atoms with E-state index in [1.807, 2.05) is 6.20 Å². The molecule has 1 aromatic carbocycles. The van der Waals surface area contributed by atoms with Crippen LogP contribution in [0.4, 0.5) is 5.69 Å². The molecule has 1 atom stereocenters. The topological polar surface area (TPSA) is 16.1 Å². The molecule has 1 aromatic heterocycles. The van der Waals surface area contributed by atoms with Crippen LogP contribution < -0.4 is 4.90 Å². The van der Waals surface area contributed by atoms with Crippen molar-refractivity contribution in [2.24, 2.45) is 23.7 Å². The number of benzene rings is 1. The second-order valence-electron chi connectivity index (χ2n) is 9.40. The first-order valence-corrected chi connectivity index (χ1v) is 10.5. The number of anilines is 1. The van der Waals surface area contributed by atoms with Gasteiger partial charge in [-0.2, -0.15) is 0 Å². The Hall–Kier alpha value is -1.83. The molecule has 2 aromatic rings. The molecule has 26 heavy (non-hydrogen) atoms. The average molecular weight is 345 g/mol. The quantitative estimate of drug-likeness (QED) is 0.667. The molecule has 1 aliphatic heterocycles. The van der Waals surface area contributed by atoms with E-state index in [1.165, 1.54) is 49.0 Å². The minimum Gasteiger partial charge on any atom is -0.353 e. The number of fused-ring (bicyclic) bond motifs is 1. The van der Waals surface area contributed by atoms with Gasteiger partial charge in [-0.3, -0.25) is 4.98 Å². The highest BCUT2D eigenvalue weighted by molar-refractivity contribution is 5.63. The summed E-state index contributed by atoms with van der Waals surface area (Å²) in [6.07, 6.45) is 9.21. The van der Waals surface area contributed by atoms with Gasteiger partial charge in [0.15, 0.2) is 0 Å². The van der Waals surface area contributed by atoms with Gasteiger partial charge in [0.2, 0.25) is 0 Å². The number of hydrogen-bond acceptors (Lipinski definition) is 2. The zero-order chi connectivity index (χ0) is 17.5. The van der Waals surface area contributed by atoms with Crippen LogP contribution in [-0.4, -0.2) is 4.98 Å². The fourth-order valence-corrected chi connectivity index (χ4v) is 7.64. The van der Waals surface area contributed by atoms with Crippen molar-refractivity contribution in [2.45, 2.75) is 57.5 Å². The molecule has 1 spiro atoms. The first kappa shape index (κ1) is 15.2. The molecular weight excluding hydrogens is 316 g/mol. The molecule has 4 fully saturated rings. The monoisotopic (exact) mass is 344 g/mol. The lowest BCUT2D eigenvalue weighted by molar-refractivity contribution is -0.0602. The third kappa shape index (κ3) is 1.71. The summed E-state index contributed by atoms with van der Waals surface area (Å²) in [7, 11) is 0. The lowest BCUT2D eigenvalue weighted by Crippen LogP contribution is -2.62. The van der Waals surface area contributed by atoms with Gasteiger partial charge in [0, 0.05) is 17.4 Å². The van der Waals surface area contributed by atoms with Crippen LogP contribution >= 0.6 is 0 Å². The average Bonchev–Trinajstić information content (AvgIpc) is 2.90. The molecule has 4 saturated carbocycles. The van der Waals surface area contributed by atoms with Crippen molar-refractivity contribution in [3.63, 3.8) is 0 Å². The van der Waals surface area contributed by atoms with Gasteiger partial charge in [-0.05, 0) is 87.3 Å². The van der Waals surface area contributed by atoms with E-state index in [0.717, 1.165) is 23.7 Å². The Morgan fingerprint density at radius 3 is 2.31 bits per heavy atom. The minimum absolute atomic E-state index is 0.183. The van der Waals surface area contributed by atoms with E-state index in [9.17, 15) is 0 Å². The normalized spacial score (nSPS) is 39.6. The molecule has 0 saturated heterocycles. The van der Waals surface area contributed by atoms with Crippen molar-refractivity contribution < 1.29 is 0 Å². The molecule has 134 valence electrons. The fraction of sp³-hybridized carbons (Fsp3) is 0.542. The zero-order valence-corrected chi connectivity index (χ0v) is 15.9. The first-order chi connectivity index (χ1) is 12.7. The molecule has 0 radical (unpaired) electrons. The third-order valence-corrected chi connectivity index (χ3v) is 8.21. The summed E-state index contributed by atoms with van der Waals surface area (Å²) < 4.78 is 0. The van der Waals surface area contributed by atoms with E-state index < -0.39 is 0 Å². The maximum Gasteiger partial charge on any atom is 0.0735 e. The Bertz CT molecular complexity index is 842. The van der Waals surface area contributed by atoms with Gasteiger partial charge in [0.1, 0.15) is 0 Å². The van der Waals surface area contributed by atoms with Gasteiger partial charge >= 0.3 is 0 Å². The zero-order valence-electron chi connectivity index (χ0n) is 15.9. The van der Waals surface area contributed by atoms with E-state index in [1.54, 1.807) is 5.56 Å². The van der Waals surface area contributed by atoms with Gasteiger partial charge in [-0.25, -0.2) is 0 Å². The first-order valence-electron chi connectivity index (χ1n) is 10.5. The summed E-state index contributed by atoms with van der Waals surface area (Å²) >= 11 is 0. The summed E-state index contributed by atoms with van der Waals surface area (Å²) in [5, 5.41) is 0. The maximum atomic E-state index is 4.91.